The number of anilines is 2. The Morgan fingerprint density at radius 1 is 0.500 bits per heavy atom. The second-order valence-corrected chi connectivity index (χ2v) is 10.8. The summed E-state index contributed by atoms with van der Waals surface area (Å²) in [5.41, 5.74) is 8.92. The maximum atomic E-state index is 6.10. The van der Waals surface area contributed by atoms with Gasteiger partial charge in [-0.25, -0.2) is 4.98 Å². The van der Waals surface area contributed by atoms with Crippen LogP contribution < -0.4 is 24.3 Å². The lowest BCUT2D eigenvalue weighted by molar-refractivity contribution is 0.323. The highest BCUT2D eigenvalue weighted by Crippen LogP contribution is 2.39. The number of aromatic nitrogens is 1. The first-order valence-corrected chi connectivity index (χ1v) is 16.3. The molecule has 0 unspecified atom stereocenters. The van der Waals surface area contributed by atoms with Crippen LogP contribution in [0.4, 0.5) is 11.4 Å². The molecule has 6 heteroatoms. The second-order valence-electron chi connectivity index (χ2n) is 10.8. The van der Waals surface area contributed by atoms with Gasteiger partial charge in [0.25, 0.3) is 0 Å². The first kappa shape index (κ1) is 32.4. The van der Waals surface area contributed by atoms with Crippen LogP contribution in [0.25, 0.3) is 33.6 Å². The van der Waals surface area contributed by atoms with E-state index in [0.29, 0.717) is 26.4 Å². The molecular formula is C40H44N2O4. The van der Waals surface area contributed by atoms with Crippen molar-refractivity contribution < 1.29 is 18.9 Å². The van der Waals surface area contributed by atoms with Crippen molar-refractivity contribution in [3.05, 3.63) is 103 Å². The third-order valence-electron chi connectivity index (χ3n) is 7.50. The van der Waals surface area contributed by atoms with Gasteiger partial charge in [0.2, 0.25) is 0 Å². The Morgan fingerprint density at radius 3 is 1.43 bits per heavy atom. The van der Waals surface area contributed by atoms with Gasteiger partial charge >= 0.3 is 0 Å². The molecule has 4 aromatic carbocycles. The smallest absolute Gasteiger partial charge is 0.132 e. The number of pyridine rings is 1. The summed E-state index contributed by atoms with van der Waals surface area (Å²) < 4.78 is 23.8. The predicted molar refractivity (Wildman–Crippen MR) is 189 cm³/mol. The molecule has 0 aliphatic carbocycles. The normalized spacial score (nSPS) is 10.8. The maximum Gasteiger partial charge on any atom is 0.132 e. The third-order valence-corrected chi connectivity index (χ3v) is 7.50. The van der Waals surface area contributed by atoms with Gasteiger partial charge < -0.3 is 24.3 Å². The molecule has 0 atom stereocenters. The number of ether oxygens (including phenoxy) is 4. The van der Waals surface area contributed by atoms with Crippen molar-refractivity contribution in [2.45, 2.75) is 47.5 Å². The van der Waals surface area contributed by atoms with Gasteiger partial charge in [-0.3, -0.25) is 0 Å². The predicted octanol–water partition coefficient (Wildman–Crippen LogP) is 10.4. The van der Waals surface area contributed by atoms with Gasteiger partial charge in [-0.2, -0.15) is 0 Å². The Labute approximate surface area is 273 Å². The van der Waals surface area contributed by atoms with Gasteiger partial charge in [0.15, 0.2) is 0 Å². The molecule has 5 aromatic rings. The van der Waals surface area contributed by atoms with E-state index in [2.05, 4.69) is 72.9 Å². The molecule has 1 aromatic heterocycles. The number of benzene rings is 4. The van der Waals surface area contributed by atoms with E-state index >= 15 is 0 Å². The largest absolute Gasteiger partial charge is 0.494 e. The molecule has 1 heterocycles. The highest BCUT2D eigenvalue weighted by Gasteiger charge is 2.17. The van der Waals surface area contributed by atoms with Crippen LogP contribution in [0, 0.1) is 0 Å². The number of nitrogens with one attached hydrogen (secondary N) is 1. The van der Waals surface area contributed by atoms with E-state index in [1.807, 2.05) is 64.1 Å². The van der Waals surface area contributed by atoms with Crippen molar-refractivity contribution in [1.82, 2.24) is 4.98 Å². The lowest BCUT2D eigenvalue weighted by Crippen LogP contribution is -2.00. The van der Waals surface area contributed by atoms with Gasteiger partial charge in [0.1, 0.15) is 23.0 Å². The Hall–Kier alpha value is -4.97. The molecule has 0 radical (unpaired) electrons. The fourth-order valence-corrected chi connectivity index (χ4v) is 5.42. The number of nitrogens with zero attached hydrogens (tertiary/aromatic N) is 1. The van der Waals surface area contributed by atoms with Crippen LogP contribution in [-0.4, -0.2) is 31.4 Å². The molecule has 238 valence electrons. The highest BCUT2D eigenvalue weighted by molar-refractivity contribution is 5.81. The van der Waals surface area contributed by atoms with Crippen molar-refractivity contribution in [3.63, 3.8) is 0 Å². The van der Waals surface area contributed by atoms with Crippen LogP contribution in [-0.2, 0) is 6.42 Å². The molecule has 6 nitrogen and oxygen atoms in total. The third kappa shape index (κ3) is 7.99. The molecule has 1 N–H and O–H groups in total. The monoisotopic (exact) mass is 616 g/mol. The van der Waals surface area contributed by atoms with E-state index < -0.39 is 0 Å². The summed E-state index contributed by atoms with van der Waals surface area (Å²) in [6.45, 7) is 12.3. The lowest BCUT2D eigenvalue weighted by atomic mass is 9.99. The van der Waals surface area contributed by atoms with E-state index in [1.54, 1.807) is 0 Å². The SMILES string of the molecule is CCCc1ccc(Nc2ccc(-c3cc(-c4ccc(OCC)cc4OCC)nc(-c4ccc(OCC)cc4OCC)c3)cc2)cc1. The van der Waals surface area contributed by atoms with Gasteiger partial charge in [0.05, 0.1) is 37.8 Å². The zero-order chi connectivity index (χ0) is 32.3. The molecule has 5 rings (SSSR count). The Morgan fingerprint density at radius 2 is 0.978 bits per heavy atom. The molecule has 0 saturated carbocycles. The molecule has 0 fully saturated rings. The van der Waals surface area contributed by atoms with Crippen molar-refractivity contribution in [3.8, 4) is 56.6 Å². The minimum absolute atomic E-state index is 0.526. The summed E-state index contributed by atoms with van der Waals surface area (Å²) in [5.74, 6) is 2.98. The summed E-state index contributed by atoms with van der Waals surface area (Å²) >= 11 is 0. The second kappa shape index (κ2) is 15.8. The van der Waals surface area contributed by atoms with Crippen LogP contribution in [0.3, 0.4) is 0 Å². The summed E-state index contributed by atoms with van der Waals surface area (Å²) in [6, 6.07) is 33.2. The van der Waals surface area contributed by atoms with E-state index in [1.165, 1.54) is 5.56 Å². The van der Waals surface area contributed by atoms with Gasteiger partial charge in [0, 0.05) is 34.6 Å². The molecule has 0 amide bonds. The Kier molecular flexibility index (Phi) is 11.2. The van der Waals surface area contributed by atoms with E-state index in [0.717, 1.165) is 80.9 Å². The average molecular weight is 617 g/mol. The van der Waals surface area contributed by atoms with Gasteiger partial charge in [-0.1, -0.05) is 37.6 Å². The van der Waals surface area contributed by atoms with Crippen molar-refractivity contribution in [2.75, 3.05) is 31.7 Å². The highest BCUT2D eigenvalue weighted by atomic mass is 16.5. The van der Waals surface area contributed by atoms with Crippen LogP contribution >= 0.6 is 0 Å². The quantitative estimate of drug-likeness (QED) is 0.126. The summed E-state index contributed by atoms with van der Waals surface area (Å²) in [6.07, 6.45) is 2.24. The average Bonchev–Trinajstić information content (AvgIpc) is 3.07. The van der Waals surface area contributed by atoms with Crippen LogP contribution in [0.15, 0.2) is 97.1 Å². The number of rotatable bonds is 15. The van der Waals surface area contributed by atoms with Crippen LogP contribution in [0.2, 0.25) is 0 Å². The Bertz CT molecular complexity index is 1640. The minimum atomic E-state index is 0.526. The zero-order valence-electron chi connectivity index (χ0n) is 27.6. The van der Waals surface area contributed by atoms with E-state index in [4.69, 9.17) is 23.9 Å². The molecule has 46 heavy (non-hydrogen) atoms. The molecule has 0 aliphatic rings. The fourth-order valence-electron chi connectivity index (χ4n) is 5.42. The van der Waals surface area contributed by atoms with Crippen LogP contribution in [0.5, 0.6) is 23.0 Å². The topological polar surface area (TPSA) is 61.8 Å². The summed E-state index contributed by atoms with van der Waals surface area (Å²) in [4.78, 5) is 5.18. The summed E-state index contributed by atoms with van der Waals surface area (Å²) in [7, 11) is 0. The maximum absolute atomic E-state index is 6.10. The zero-order valence-corrected chi connectivity index (χ0v) is 27.6. The van der Waals surface area contributed by atoms with Crippen molar-refractivity contribution in [2.24, 2.45) is 0 Å². The van der Waals surface area contributed by atoms with E-state index in [-0.39, 0.29) is 0 Å². The molecular weight excluding hydrogens is 572 g/mol. The van der Waals surface area contributed by atoms with Crippen molar-refractivity contribution in [1.29, 1.82) is 0 Å². The van der Waals surface area contributed by atoms with Crippen molar-refractivity contribution >= 4 is 11.4 Å². The fraction of sp³-hybridized carbons (Fsp3) is 0.275. The lowest BCUT2D eigenvalue weighted by Gasteiger charge is -2.17. The van der Waals surface area contributed by atoms with E-state index in [9.17, 15) is 0 Å². The Balaban J connectivity index is 1.57. The number of aryl methyl sites for hydroxylation is 1. The standard InChI is InChI=1S/C40H44N2O4/c1-6-11-28-12-16-31(17-13-28)41-32-18-14-29(15-19-32)30-24-37(35-22-20-33(43-7-2)26-39(35)45-9-4)42-38(25-30)36-23-21-34(44-8-3)27-40(36)46-10-5/h12-27,41H,6-11H2,1-5H3. The molecule has 0 saturated heterocycles. The molecule has 0 spiro atoms. The number of hydrogen-bond donors (Lipinski definition) is 1. The molecule has 0 bridgehead atoms. The first-order chi connectivity index (χ1) is 22.5. The summed E-state index contributed by atoms with van der Waals surface area (Å²) in [5, 5.41) is 3.53. The van der Waals surface area contributed by atoms with Gasteiger partial charge in [-0.05, 0) is 111 Å². The van der Waals surface area contributed by atoms with Gasteiger partial charge in [-0.15, -0.1) is 0 Å². The minimum Gasteiger partial charge on any atom is -0.494 e. The first-order valence-electron chi connectivity index (χ1n) is 16.3. The molecule has 0 aliphatic heterocycles. The number of hydrogen-bond acceptors (Lipinski definition) is 6. The van der Waals surface area contributed by atoms with Crippen LogP contribution in [0.1, 0.15) is 46.6 Å².